The number of nitrogens with one attached hydrogen (secondary N) is 6. The second-order valence-corrected chi connectivity index (χ2v) is 23.3. The molecule has 3 aromatic rings. The standard InChI is InChI=1S/C38H50N4O11.C31H46N4O8/c1-25(2)35(42-33(46)11-7-5-4-6-10-29(43)18-21-34(47)51-3)32(45)23-27(9-8-22-40-37(39)49)36(48)41-28-14-12-26(13-15-28)24-52-38(50)53-31-19-16-30(44)17-20-31;1-21(2)29(35-27(39)11-7-5-4-6-10-25(37)16-17-28(40)43-3)26(38)19-23(9-8-18-33-31(32)42)30(41)34-24-14-12-22(20-36)13-15-24/h12-21,25,27,35,44H,4-11,22-24H2,1-3H3,(H,41,48)(H,42,46)(H3,39,40,49);12-17,21,23,29,36H,4-11,18-20H2,1-3H3,(H,34,41)(H,35,39)(H3,32,33,42)/b21-18-;17-16-/t27-,35+;23-,29+/m11/s1. The number of benzene rings is 3. The third-order valence-electron chi connectivity index (χ3n) is 14.7. The monoisotopic (exact) mass is 1340 g/mol. The van der Waals surface area contributed by atoms with Crippen LogP contribution in [0.2, 0.25) is 0 Å². The van der Waals surface area contributed by atoms with Crippen molar-refractivity contribution < 1.29 is 91.5 Å². The van der Waals surface area contributed by atoms with Crippen LogP contribution < -0.4 is 48.1 Å². The number of hydrogen-bond donors (Lipinski definition) is 10. The Bertz CT molecular complexity index is 3060. The number of hydrogen-bond acceptors (Lipinski definition) is 19. The highest BCUT2D eigenvalue weighted by Crippen LogP contribution is 2.23. The van der Waals surface area contributed by atoms with Crippen molar-refractivity contribution >= 4 is 88.3 Å². The summed E-state index contributed by atoms with van der Waals surface area (Å²) in [5, 5.41) is 34.8. The normalized spacial score (nSPS) is 12.2. The van der Waals surface area contributed by atoms with Crippen LogP contribution in [0.4, 0.5) is 25.8 Å². The number of ketones is 4. The molecule has 0 saturated heterocycles. The van der Waals surface area contributed by atoms with Crippen molar-refractivity contribution in [1.82, 2.24) is 21.3 Å². The SMILES string of the molecule is COC(=O)/C=C\C(=O)CCCCCCC(=O)N[C@H](C(=O)C[C@@H](CCCNC(N)=O)C(=O)Nc1ccc(CO)cc1)C(C)C.COC(=O)/C=C\C(=O)CCCCCCC(=O)N[C@H](C(=O)C[C@@H](CCCNC(N)=O)C(=O)Nc1ccc(COC(=O)Oc2ccc(O)cc2)cc1)C(C)C. The molecule has 526 valence electrons. The summed E-state index contributed by atoms with van der Waals surface area (Å²) in [6.45, 7) is 7.49. The van der Waals surface area contributed by atoms with Gasteiger partial charge in [0.1, 0.15) is 18.1 Å². The predicted molar refractivity (Wildman–Crippen MR) is 356 cm³/mol. The van der Waals surface area contributed by atoms with Crippen molar-refractivity contribution in [1.29, 1.82) is 0 Å². The Balaban J connectivity index is 0.000000668. The number of primary amides is 2. The van der Waals surface area contributed by atoms with Gasteiger partial charge in [-0.1, -0.05) is 77.6 Å². The first-order chi connectivity index (χ1) is 45.7. The minimum Gasteiger partial charge on any atom is -0.508 e. The second kappa shape index (κ2) is 47.1. The number of Topliss-reactive ketones (excluding diaryl/α,β-unsaturated/α-hetero) is 2. The molecule has 0 fully saturated rings. The Labute approximate surface area is 560 Å². The van der Waals surface area contributed by atoms with Crippen LogP contribution in [0.1, 0.15) is 154 Å². The van der Waals surface area contributed by atoms with Crippen LogP contribution in [0.15, 0.2) is 97.1 Å². The number of phenols is 1. The summed E-state index contributed by atoms with van der Waals surface area (Å²) >= 11 is 0. The van der Waals surface area contributed by atoms with Gasteiger partial charge in [0, 0.05) is 87.0 Å². The van der Waals surface area contributed by atoms with E-state index in [-0.39, 0.29) is 129 Å². The summed E-state index contributed by atoms with van der Waals surface area (Å²) in [5.74, 6) is -5.15. The summed E-state index contributed by atoms with van der Waals surface area (Å²) in [7, 11) is 2.46. The lowest BCUT2D eigenvalue weighted by atomic mass is 9.89. The first-order valence-corrected chi connectivity index (χ1v) is 32.1. The Kier molecular flexibility index (Phi) is 40.4. The van der Waals surface area contributed by atoms with E-state index in [9.17, 15) is 72.5 Å². The number of carbonyl (C=O) groups is 13. The summed E-state index contributed by atoms with van der Waals surface area (Å²) in [6.07, 6.45) is 11.0. The zero-order chi connectivity index (χ0) is 71.4. The molecule has 3 rings (SSSR count). The zero-order valence-electron chi connectivity index (χ0n) is 55.7. The number of urea groups is 2. The molecular formula is C69H96N8O19. The van der Waals surface area contributed by atoms with E-state index in [0.717, 1.165) is 25.0 Å². The topological polar surface area (TPSA) is 424 Å². The number of ether oxygens (including phenoxy) is 4. The molecule has 96 heavy (non-hydrogen) atoms. The van der Waals surface area contributed by atoms with E-state index in [2.05, 4.69) is 41.4 Å². The predicted octanol–water partition coefficient (Wildman–Crippen LogP) is 7.77. The highest BCUT2D eigenvalue weighted by molar-refractivity contribution is 5.99. The van der Waals surface area contributed by atoms with Crippen LogP contribution in [0, 0.1) is 23.7 Å². The number of amides is 8. The smallest absolute Gasteiger partial charge is 0.508 e. The quantitative estimate of drug-likeness (QED) is 0.00849. The molecule has 0 aliphatic rings. The first kappa shape index (κ1) is 82.3. The molecule has 0 radical (unpaired) electrons. The van der Waals surface area contributed by atoms with Crippen molar-refractivity contribution in [3.05, 3.63) is 108 Å². The molecule has 0 aromatic heterocycles. The fourth-order valence-corrected chi connectivity index (χ4v) is 9.39. The van der Waals surface area contributed by atoms with E-state index >= 15 is 0 Å². The minimum absolute atomic E-state index is 0.0248. The molecule has 12 N–H and O–H groups in total. The molecule has 0 saturated carbocycles. The number of nitrogens with two attached hydrogens (primary N) is 2. The molecule has 0 spiro atoms. The van der Waals surface area contributed by atoms with Crippen molar-refractivity contribution in [2.24, 2.45) is 35.1 Å². The first-order valence-electron chi connectivity index (χ1n) is 32.1. The second-order valence-electron chi connectivity index (χ2n) is 23.3. The average molecular weight is 1340 g/mol. The molecule has 0 heterocycles. The van der Waals surface area contributed by atoms with Gasteiger partial charge in [0.2, 0.25) is 23.6 Å². The molecule has 4 atom stereocenters. The Morgan fingerprint density at radius 3 is 1.24 bits per heavy atom. The Hall–Kier alpha value is -9.79. The van der Waals surface area contributed by atoms with E-state index in [1.165, 1.54) is 50.6 Å². The lowest BCUT2D eigenvalue weighted by Gasteiger charge is -2.24. The number of aromatic hydroxyl groups is 1. The van der Waals surface area contributed by atoms with Crippen LogP contribution in [0.5, 0.6) is 11.5 Å². The molecule has 8 amide bonds. The van der Waals surface area contributed by atoms with Crippen molar-refractivity contribution in [3.8, 4) is 11.5 Å². The van der Waals surface area contributed by atoms with E-state index in [4.69, 9.17) is 20.9 Å². The van der Waals surface area contributed by atoms with E-state index in [1.54, 1.807) is 62.4 Å². The minimum atomic E-state index is -0.934. The van der Waals surface area contributed by atoms with Crippen LogP contribution in [0.25, 0.3) is 0 Å². The van der Waals surface area contributed by atoms with Gasteiger partial charge in [0.05, 0.1) is 32.9 Å². The van der Waals surface area contributed by atoms with Gasteiger partial charge >= 0.3 is 30.2 Å². The number of esters is 2. The van der Waals surface area contributed by atoms with Gasteiger partial charge in [-0.25, -0.2) is 24.0 Å². The molecule has 0 bridgehead atoms. The molecular weight excluding hydrogens is 1240 g/mol. The highest BCUT2D eigenvalue weighted by atomic mass is 16.7. The van der Waals surface area contributed by atoms with E-state index in [1.807, 2.05) is 13.8 Å². The van der Waals surface area contributed by atoms with Gasteiger partial charge in [0.25, 0.3) is 0 Å². The lowest BCUT2D eigenvalue weighted by Crippen LogP contribution is -2.45. The maximum Gasteiger partial charge on any atom is 0.514 e. The van der Waals surface area contributed by atoms with Gasteiger partial charge in [-0.3, -0.25) is 38.4 Å². The molecule has 0 aliphatic carbocycles. The number of unbranched alkanes of at least 4 members (excludes halogenated alkanes) is 6. The fourth-order valence-electron chi connectivity index (χ4n) is 9.39. The van der Waals surface area contributed by atoms with Crippen molar-refractivity contribution in [2.45, 2.75) is 169 Å². The number of rotatable bonds is 44. The number of allylic oxidation sites excluding steroid dienone is 2. The average Bonchev–Trinajstić information content (AvgIpc) is 1.23. The fraction of sp³-hybridized carbons (Fsp3) is 0.493. The maximum absolute atomic E-state index is 13.5. The van der Waals surface area contributed by atoms with Crippen LogP contribution >= 0.6 is 0 Å². The summed E-state index contributed by atoms with van der Waals surface area (Å²) < 4.78 is 19.1. The third kappa shape index (κ3) is 37.2. The number of aliphatic hydroxyl groups is 1. The number of carbonyl (C=O) groups excluding carboxylic acids is 13. The summed E-state index contributed by atoms with van der Waals surface area (Å²) in [6, 6.07) is 15.8. The van der Waals surface area contributed by atoms with E-state index < -0.39 is 60.0 Å². The number of anilines is 2. The van der Waals surface area contributed by atoms with E-state index in [0.29, 0.717) is 86.7 Å². The molecule has 0 unspecified atom stereocenters. The number of phenolic OH excluding ortho intramolecular Hbond substituents is 1. The van der Waals surface area contributed by atoms with Crippen LogP contribution in [0.3, 0.4) is 0 Å². The van der Waals surface area contributed by atoms with Crippen molar-refractivity contribution in [3.63, 3.8) is 0 Å². The van der Waals surface area contributed by atoms with Crippen molar-refractivity contribution in [2.75, 3.05) is 37.9 Å². The third-order valence-corrected chi connectivity index (χ3v) is 14.7. The summed E-state index contributed by atoms with van der Waals surface area (Å²) in [4.78, 5) is 159. The number of aliphatic hydroxyl groups excluding tert-OH is 1. The Morgan fingerprint density at radius 2 is 0.875 bits per heavy atom. The lowest BCUT2D eigenvalue weighted by molar-refractivity contribution is -0.135. The summed E-state index contributed by atoms with van der Waals surface area (Å²) in [5.41, 5.74) is 12.5. The zero-order valence-corrected chi connectivity index (χ0v) is 55.7. The van der Waals surface area contributed by atoms with Gasteiger partial charge in [-0.2, -0.15) is 0 Å². The van der Waals surface area contributed by atoms with Crippen LogP contribution in [-0.4, -0.2) is 127 Å². The number of methoxy groups -OCH3 is 2. The van der Waals surface area contributed by atoms with Gasteiger partial charge in [-0.05, 0) is 135 Å². The highest BCUT2D eigenvalue weighted by Gasteiger charge is 2.31. The molecule has 0 aliphatic heterocycles. The van der Waals surface area contributed by atoms with Gasteiger partial charge in [-0.15, -0.1) is 0 Å². The van der Waals surface area contributed by atoms with Gasteiger partial charge in [0.15, 0.2) is 23.1 Å². The molecule has 27 heteroatoms. The largest absolute Gasteiger partial charge is 0.514 e. The molecule has 3 aromatic carbocycles. The maximum atomic E-state index is 13.5. The molecule has 27 nitrogen and oxygen atoms in total. The van der Waals surface area contributed by atoms with Gasteiger partial charge < -0.3 is 72.5 Å². The Morgan fingerprint density at radius 1 is 0.490 bits per heavy atom. The van der Waals surface area contributed by atoms with Crippen LogP contribution in [-0.2, 0) is 75.4 Å².